The zero-order chi connectivity index (χ0) is 29.5. The van der Waals surface area contributed by atoms with Crippen LogP contribution in [0.2, 0.25) is 0 Å². The van der Waals surface area contributed by atoms with Crippen LogP contribution in [0.3, 0.4) is 0 Å². The summed E-state index contributed by atoms with van der Waals surface area (Å²) in [5, 5.41) is 0. The second-order valence-electron chi connectivity index (χ2n) is 10.6. The smallest absolute Gasteiger partial charge is 0.426 e. The number of nitrogens with zero attached hydrogens (tertiary/aromatic N) is 1. The first-order valence-electron chi connectivity index (χ1n) is 12.9. The lowest BCUT2D eigenvalue weighted by molar-refractivity contribution is -0.228. The molecular formula is C28H30F5NO5S. The topological polar surface area (TPSA) is 80.8 Å². The van der Waals surface area contributed by atoms with Gasteiger partial charge in [-0.2, -0.15) is 13.2 Å². The molecule has 1 aliphatic carbocycles. The van der Waals surface area contributed by atoms with Gasteiger partial charge >= 0.3 is 12.1 Å². The molecule has 2 aliphatic rings. The van der Waals surface area contributed by atoms with Gasteiger partial charge in [-0.05, 0) is 74.4 Å². The van der Waals surface area contributed by atoms with Crippen molar-refractivity contribution in [2.24, 2.45) is 11.8 Å². The van der Waals surface area contributed by atoms with Crippen LogP contribution < -0.4 is 0 Å². The number of amides is 1. The largest absolute Gasteiger partial charge is 0.469 e. The molecule has 2 fully saturated rings. The molecule has 0 spiro atoms. The molecule has 2 atom stereocenters. The summed E-state index contributed by atoms with van der Waals surface area (Å²) in [5.74, 6) is -1.99. The number of carbonyl (C=O) groups is 2. The van der Waals surface area contributed by atoms with Crippen LogP contribution in [0.1, 0.15) is 50.2 Å². The molecule has 6 nitrogen and oxygen atoms in total. The highest BCUT2D eigenvalue weighted by molar-refractivity contribution is 7.92. The van der Waals surface area contributed by atoms with Gasteiger partial charge in [0, 0.05) is 19.0 Å². The molecule has 0 aromatic heterocycles. The maximum Gasteiger partial charge on any atom is 0.426 e. The minimum absolute atomic E-state index is 0.0569. The highest BCUT2D eigenvalue weighted by Crippen LogP contribution is 2.46. The number of carbonyl (C=O) groups excluding carboxylic acids is 2. The van der Waals surface area contributed by atoms with Crippen molar-refractivity contribution in [2.45, 2.75) is 60.5 Å². The molecule has 0 N–H and O–H groups in total. The van der Waals surface area contributed by atoms with Crippen LogP contribution in [0.5, 0.6) is 0 Å². The normalized spacial score (nSPS) is 25.3. The highest BCUT2D eigenvalue weighted by atomic mass is 32.2. The monoisotopic (exact) mass is 587 g/mol. The van der Waals surface area contributed by atoms with E-state index in [9.17, 15) is 40.0 Å². The molecule has 2 aromatic rings. The summed E-state index contributed by atoms with van der Waals surface area (Å²) in [7, 11) is -3.00. The predicted octanol–water partition coefficient (Wildman–Crippen LogP) is 5.45. The maximum absolute atomic E-state index is 14.6. The molecule has 1 unspecified atom stereocenters. The second kappa shape index (κ2) is 10.8. The quantitative estimate of drug-likeness (QED) is 0.255. The summed E-state index contributed by atoms with van der Waals surface area (Å²) in [6, 6.07) is 8.28. The minimum Gasteiger partial charge on any atom is -0.469 e. The van der Waals surface area contributed by atoms with E-state index in [0.29, 0.717) is 32.6 Å². The SMILES string of the molecule is COC(=O)[C@H]1CC[C@H](C(=O)N2CC[C@](c3ccc(C(C)(F)C(F)(F)F)cc3)(S(=O)(=O)c3ccc(F)cc3)C2)CC1. The third-order valence-corrected chi connectivity index (χ3v) is 10.8. The lowest BCUT2D eigenvalue weighted by Gasteiger charge is -2.33. The zero-order valence-electron chi connectivity index (χ0n) is 22.0. The number of methoxy groups -OCH3 is 1. The summed E-state index contributed by atoms with van der Waals surface area (Å²) in [4.78, 5) is 26.5. The molecule has 1 saturated heterocycles. The standard InChI is InChI=1S/C28H30F5NO5S/c1-26(30,28(31,32)33)20-7-9-21(10-8-20)27(40(37,38)23-13-11-22(29)12-14-23)15-16-34(17-27)24(35)18-3-5-19(6-4-18)25(36)39-2/h7-14,18-19H,3-6,15-17H2,1-2H3/t18-,19-,26?,27-/m0/s1. The maximum atomic E-state index is 14.6. The van der Waals surface area contributed by atoms with Crippen LogP contribution in [-0.2, 0) is 34.6 Å². The Hall–Kier alpha value is -3.02. The number of esters is 1. The summed E-state index contributed by atoms with van der Waals surface area (Å²) in [6.45, 7) is 0.160. The third kappa shape index (κ3) is 5.22. The van der Waals surface area contributed by atoms with Gasteiger partial charge in [0.25, 0.3) is 0 Å². The van der Waals surface area contributed by atoms with Crippen molar-refractivity contribution >= 4 is 21.7 Å². The number of rotatable bonds is 6. The number of hydrogen-bond acceptors (Lipinski definition) is 5. The van der Waals surface area contributed by atoms with Gasteiger partial charge in [0.05, 0.1) is 17.9 Å². The van der Waals surface area contributed by atoms with Crippen molar-refractivity contribution < 1.29 is 44.7 Å². The van der Waals surface area contributed by atoms with E-state index in [1.807, 2.05) is 0 Å². The van der Waals surface area contributed by atoms with Gasteiger partial charge in [0.2, 0.25) is 11.6 Å². The lowest BCUT2D eigenvalue weighted by atomic mass is 9.81. The first kappa shape index (κ1) is 30.0. The van der Waals surface area contributed by atoms with E-state index >= 15 is 0 Å². The number of halogens is 5. The molecule has 1 amide bonds. The lowest BCUT2D eigenvalue weighted by Crippen LogP contribution is -2.43. The van der Waals surface area contributed by atoms with Crippen molar-refractivity contribution in [3.8, 4) is 0 Å². The number of sulfone groups is 1. The molecule has 2 aromatic carbocycles. The Balaban J connectivity index is 1.68. The number of ether oxygens (including phenoxy) is 1. The Bertz CT molecular complexity index is 1350. The molecule has 40 heavy (non-hydrogen) atoms. The molecule has 12 heteroatoms. The summed E-state index contributed by atoms with van der Waals surface area (Å²) >= 11 is 0. The van der Waals surface area contributed by atoms with Gasteiger partial charge in [0.1, 0.15) is 10.6 Å². The van der Waals surface area contributed by atoms with Crippen molar-refractivity contribution in [1.29, 1.82) is 0 Å². The van der Waals surface area contributed by atoms with E-state index in [1.165, 1.54) is 12.0 Å². The molecule has 0 radical (unpaired) electrons. The van der Waals surface area contributed by atoms with E-state index in [1.54, 1.807) is 0 Å². The average molecular weight is 588 g/mol. The predicted molar refractivity (Wildman–Crippen MR) is 135 cm³/mol. The Morgan fingerprint density at radius 1 is 0.925 bits per heavy atom. The highest BCUT2D eigenvalue weighted by Gasteiger charge is 2.55. The number of likely N-dealkylation sites (tertiary alicyclic amines) is 1. The van der Waals surface area contributed by atoms with Gasteiger partial charge < -0.3 is 9.64 Å². The Labute approximate surface area is 229 Å². The first-order valence-corrected chi connectivity index (χ1v) is 14.4. The molecular weight excluding hydrogens is 557 g/mol. The van der Waals surface area contributed by atoms with Gasteiger partial charge in [-0.3, -0.25) is 9.59 Å². The van der Waals surface area contributed by atoms with Gasteiger partial charge in [0.15, 0.2) is 9.84 Å². The van der Waals surface area contributed by atoms with Crippen molar-refractivity contribution in [1.82, 2.24) is 4.90 Å². The molecule has 1 heterocycles. The molecule has 4 rings (SSSR count). The first-order chi connectivity index (χ1) is 18.6. The summed E-state index contributed by atoms with van der Waals surface area (Å²) in [5.41, 5.74) is -4.25. The van der Waals surface area contributed by atoms with E-state index in [2.05, 4.69) is 0 Å². The third-order valence-electron chi connectivity index (χ3n) is 8.28. The van der Waals surface area contributed by atoms with Crippen LogP contribution in [0.25, 0.3) is 0 Å². The van der Waals surface area contributed by atoms with Gasteiger partial charge in [-0.15, -0.1) is 0 Å². The Morgan fingerprint density at radius 2 is 1.48 bits per heavy atom. The number of hydrogen-bond donors (Lipinski definition) is 0. The fraction of sp³-hybridized carbons (Fsp3) is 0.500. The van der Waals surface area contributed by atoms with Crippen LogP contribution in [0.4, 0.5) is 22.0 Å². The summed E-state index contributed by atoms with van der Waals surface area (Å²) < 4.78 is 99.1. The minimum atomic E-state index is -5.18. The molecule has 1 saturated carbocycles. The van der Waals surface area contributed by atoms with Crippen LogP contribution in [-0.4, -0.2) is 51.6 Å². The Kier molecular flexibility index (Phi) is 8.05. The Morgan fingerprint density at radius 3 is 2.00 bits per heavy atom. The summed E-state index contributed by atoms with van der Waals surface area (Å²) in [6.07, 6.45) is -3.49. The fourth-order valence-corrected chi connectivity index (χ4v) is 7.75. The van der Waals surface area contributed by atoms with Gasteiger partial charge in [-0.1, -0.05) is 24.3 Å². The molecule has 0 bridgehead atoms. The average Bonchev–Trinajstić information content (AvgIpc) is 3.39. The van der Waals surface area contributed by atoms with Crippen LogP contribution in [0.15, 0.2) is 53.4 Å². The van der Waals surface area contributed by atoms with Crippen molar-refractivity contribution in [3.63, 3.8) is 0 Å². The number of benzene rings is 2. The zero-order valence-corrected chi connectivity index (χ0v) is 22.8. The fourth-order valence-electron chi connectivity index (χ4n) is 5.67. The van der Waals surface area contributed by atoms with Gasteiger partial charge in [-0.25, -0.2) is 17.2 Å². The van der Waals surface area contributed by atoms with E-state index in [0.717, 1.165) is 48.5 Å². The molecule has 1 aliphatic heterocycles. The second-order valence-corrected chi connectivity index (χ2v) is 12.9. The number of alkyl halides is 4. The van der Waals surface area contributed by atoms with E-state index < -0.39 is 43.7 Å². The van der Waals surface area contributed by atoms with Crippen molar-refractivity contribution in [3.05, 3.63) is 65.5 Å². The van der Waals surface area contributed by atoms with Crippen LogP contribution >= 0.6 is 0 Å². The van der Waals surface area contributed by atoms with E-state index in [4.69, 9.17) is 4.74 Å². The van der Waals surface area contributed by atoms with Crippen molar-refractivity contribution in [2.75, 3.05) is 20.2 Å². The molecule has 218 valence electrons. The van der Waals surface area contributed by atoms with Crippen LogP contribution in [0, 0.1) is 17.7 Å². The van der Waals surface area contributed by atoms with E-state index in [-0.39, 0.29) is 47.8 Å².